The van der Waals surface area contributed by atoms with Crippen molar-refractivity contribution in [2.45, 2.75) is 25.6 Å². The molecule has 1 saturated heterocycles. The molecular formula is C21H18N4O6. The predicted molar refractivity (Wildman–Crippen MR) is 108 cm³/mol. The third kappa shape index (κ3) is 3.36. The molecule has 5 rings (SSSR count). The van der Waals surface area contributed by atoms with E-state index in [0.29, 0.717) is 23.3 Å². The number of rotatable bonds is 5. The van der Waals surface area contributed by atoms with Gasteiger partial charge in [0.15, 0.2) is 6.79 Å². The first-order chi connectivity index (χ1) is 15.0. The molecule has 3 amide bonds. The number of benzene rings is 2. The summed E-state index contributed by atoms with van der Waals surface area (Å²) in [6.45, 7) is 0.0353. The molecule has 0 bridgehead atoms. The Morgan fingerprint density at radius 3 is 2.87 bits per heavy atom. The lowest BCUT2D eigenvalue weighted by molar-refractivity contribution is -0.385. The zero-order valence-corrected chi connectivity index (χ0v) is 16.3. The summed E-state index contributed by atoms with van der Waals surface area (Å²) in [4.78, 5) is 40.6. The molecule has 158 valence electrons. The summed E-state index contributed by atoms with van der Waals surface area (Å²) in [6, 6.07) is 9.18. The predicted octanol–water partition coefficient (Wildman–Crippen LogP) is 2.61. The maximum atomic E-state index is 13.0. The number of aromatic nitrogens is 1. The number of carbonyl (C=O) groups excluding carboxylic acids is 2. The molecule has 1 aromatic heterocycles. The van der Waals surface area contributed by atoms with E-state index >= 15 is 0 Å². The number of fused-ring (bicyclic) bond motifs is 2. The van der Waals surface area contributed by atoms with Crippen LogP contribution in [0.5, 0.6) is 5.75 Å². The quantitative estimate of drug-likeness (QED) is 0.370. The van der Waals surface area contributed by atoms with E-state index in [9.17, 15) is 19.7 Å². The smallest absolute Gasteiger partial charge is 0.325 e. The summed E-state index contributed by atoms with van der Waals surface area (Å²) >= 11 is 0. The van der Waals surface area contributed by atoms with Crippen LogP contribution >= 0.6 is 0 Å². The van der Waals surface area contributed by atoms with Gasteiger partial charge in [-0.15, -0.1) is 0 Å². The first-order valence-electron chi connectivity index (χ1n) is 9.69. The molecule has 10 heteroatoms. The lowest BCUT2D eigenvalue weighted by atomic mass is 10.0. The highest BCUT2D eigenvalue weighted by atomic mass is 16.7. The average molecular weight is 422 g/mol. The van der Waals surface area contributed by atoms with Crippen LogP contribution in [0.4, 0.5) is 10.5 Å². The monoisotopic (exact) mass is 422 g/mol. The maximum Gasteiger partial charge on any atom is 0.325 e. The minimum Gasteiger partial charge on any atom is -0.467 e. The minimum absolute atomic E-state index is 0.00113. The number of non-ortho nitro benzene ring substituents is 1. The number of imide groups is 1. The summed E-state index contributed by atoms with van der Waals surface area (Å²) in [5, 5.41) is 15.0. The molecule has 3 heterocycles. The molecule has 0 saturated carbocycles. The molecule has 1 atom stereocenters. The highest BCUT2D eigenvalue weighted by molar-refractivity contribution is 6.04. The van der Waals surface area contributed by atoms with Crippen LogP contribution in [0, 0.1) is 10.1 Å². The normalized spacial score (nSPS) is 18.1. The lowest BCUT2D eigenvalue weighted by Gasteiger charge is -2.22. The molecule has 2 N–H and O–H groups in total. The van der Waals surface area contributed by atoms with Gasteiger partial charge < -0.3 is 19.8 Å². The van der Waals surface area contributed by atoms with Crippen LogP contribution in [0.3, 0.4) is 0 Å². The Labute approximate surface area is 175 Å². The molecule has 0 aliphatic carbocycles. The second-order valence-electron chi connectivity index (χ2n) is 7.45. The first-order valence-corrected chi connectivity index (χ1v) is 9.69. The van der Waals surface area contributed by atoms with E-state index in [-0.39, 0.29) is 31.5 Å². The molecule has 0 spiro atoms. The number of nitrogens with one attached hydrogen (secondary N) is 2. The van der Waals surface area contributed by atoms with Crippen molar-refractivity contribution in [3.8, 4) is 5.75 Å². The van der Waals surface area contributed by atoms with E-state index in [1.807, 2.05) is 30.5 Å². The van der Waals surface area contributed by atoms with Crippen LogP contribution < -0.4 is 10.1 Å². The lowest BCUT2D eigenvalue weighted by Crippen LogP contribution is -2.32. The number of H-pyrrole nitrogens is 1. The number of ether oxygens (including phenoxy) is 2. The van der Waals surface area contributed by atoms with Crippen LogP contribution in [0.15, 0.2) is 42.6 Å². The molecule has 2 aromatic carbocycles. The van der Waals surface area contributed by atoms with Crippen molar-refractivity contribution in [2.75, 3.05) is 6.79 Å². The Morgan fingerprint density at radius 2 is 2.03 bits per heavy atom. The third-order valence-corrected chi connectivity index (χ3v) is 5.52. The summed E-state index contributed by atoms with van der Waals surface area (Å²) < 4.78 is 10.7. The number of hydrogen-bond donors (Lipinski definition) is 2. The number of para-hydroxylation sites is 1. The number of hydrogen-bond acceptors (Lipinski definition) is 6. The summed E-state index contributed by atoms with van der Waals surface area (Å²) in [5.41, 5.74) is 2.63. The number of carbonyl (C=O) groups is 2. The van der Waals surface area contributed by atoms with Crippen LogP contribution in [0.25, 0.3) is 10.9 Å². The zero-order chi connectivity index (χ0) is 21.5. The molecule has 1 fully saturated rings. The first kappa shape index (κ1) is 19.1. The van der Waals surface area contributed by atoms with Gasteiger partial charge in [-0.2, -0.15) is 0 Å². The highest BCUT2D eigenvalue weighted by Gasteiger charge is 2.39. The fraction of sp³-hybridized carbons (Fsp3) is 0.238. The van der Waals surface area contributed by atoms with E-state index < -0.39 is 17.0 Å². The number of aromatic amines is 1. The van der Waals surface area contributed by atoms with Crippen LogP contribution in [-0.2, 0) is 29.1 Å². The molecule has 3 aromatic rings. The van der Waals surface area contributed by atoms with Crippen molar-refractivity contribution in [3.63, 3.8) is 0 Å². The van der Waals surface area contributed by atoms with Gasteiger partial charge in [0.1, 0.15) is 11.8 Å². The summed E-state index contributed by atoms with van der Waals surface area (Å²) in [7, 11) is 0. The molecule has 2 aliphatic rings. The van der Waals surface area contributed by atoms with E-state index in [1.54, 1.807) is 0 Å². The van der Waals surface area contributed by atoms with Crippen molar-refractivity contribution in [3.05, 3.63) is 69.4 Å². The standard InChI is InChI=1S/C21H18N4O6/c26-20-18(7-12-8-22-17-4-2-1-3-16(12)17)23-21(27)24(20)9-13-5-15(25(28)29)6-14-10-30-11-31-19(13)14/h1-6,8,18,22H,7,9-11H2,(H,23,27)/t18-/m0/s1. The van der Waals surface area contributed by atoms with E-state index in [4.69, 9.17) is 9.47 Å². The Hall–Kier alpha value is -3.92. The molecular weight excluding hydrogens is 404 g/mol. The summed E-state index contributed by atoms with van der Waals surface area (Å²) in [5.74, 6) is 0.0279. The fourth-order valence-corrected chi connectivity index (χ4v) is 4.06. The third-order valence-electron chi connectivity index (χ3n) is 5.52. The fourth-order valence-electron chi connectivity index (χ4n) is 4.06. The van der Waals surface area contributed by atoms with Gasteiger partial charge in [-0.3, -0.25) is 19.8 Å². The number of nitro groups is 1. The van der Waals surface area contributed by atoms with Crippen LogP contribution in [-0.4, -0.2) is 39.6 Å². The molecule has 0 radical (unpaired) electrons. The van der Waals surface area contributed by atoms with Gasteiger partial charge >= 0.3 is 6.03 Å². The SMILES string of the molecule is O=C1N[C@@H](Cc2c[nH]c3ccccc23)C(=O)N1Cc1cc([N+](=O)[O-])cc2c1OCOC2. The number of nitrogens with zero attached hydrogens (tertiary/aromatic N) is 2. The van der Waals surface area contributed by atoms with Crippen molar-refractivity contribution in [1.82, 2.24) is 15.2 Å². The van der Waals surface area contributed by atoms with Crippen molar-refractivity contribution >= 4 is 28.5 Å². The summed E-state index contributed by atoms with van der Waals surface area (Å²) in [6.07, 6.45) is 2.17. The maximum absolute atomic E-state index is 13.0. The van der Waals surface area contributed by atoms with Gasteiger partial charge in [-0.05, 0) is 11.6 Å². The van der Waals surface area contributed by atoms with Gasteiger partial charge in [0, 0.05) is 46.8 Å². The number of amides is 3. The highest BCUT2D eigenvalue weighted by Crippen LogP contribution is 2.34. The molecule has 2 aliphatic heterocycles. The van der Waals surface area contributed by atoms with Crippen LogP contribution in [0.1, 0.15) is 16.7 Å². The van der Waals surface area contributed by atoms with E-state index in [1.165, 1.54) is 12.1 Å². The van der Waals surface area contributed by atoms with E-state index in [0.717, 1.165) is 21.4 Å². The number of urea groups is 1. The molecule has 0 unspecified atom stereocenters. The van der Waals surface area contributed by atoms with Crippen LogP contribution in [0.2, 0.25) is 0 Å². The Morgan fingerprint density at radius 1 is 1.19 bits per heavy atom. The zero-order valence-electron chi connectivity index (χ0n) is 16.3. The van der Waals surface area contributed by atoms with E-state index in [2.05, 4.69) is 10.3 Å². The molecule has 10 nitrogen and oxygen atoms in total. The molecule has 31 heavy (non-hydrogen) atoms. The van der Waals surface area contributed by atoms with Crippen molar-refractivity contribution in [2.24, 2.45) is 0 Å². The average Bonchev–Trinajstić information content (AvgIpc) is 3.30. The Balaban J connectivity index is 1.40. The van der Waals surface area contributed by atoms with Gasteiger partial charge in [0.05, 0.1) is 18.1 Å². The second kappa shape index (κ2) is 7.40. The minimum atomic E-state index is -0.717. The number of nitro benzene ring substituents is 1. The van der Waals surface area contributed by atoms with Gasteiger partial charge in [0.25, 0.3) is 11.6 Å². The topological polar surface area (TPSA) is 127 Å². The van der Waals surface area contributed by atoms with Gasteiger partial charge in [-0.25, -0.2) is 4.79 Å². The van der Waals surface area contributed by atoms with Crippen molar-refractivity contribution < 1.29 is 24.0 Å². The van der Waals surface area contributed by atoms with Crippen molar-refractivity contribution in [1.29, 1.82) is 0 Å². The largest absolute Gasteiger partial charge is 0.467 e. The van der Waals surface area contributed by atoms with Gasteiger partial charge in [-0.1, -0.05) is 18.2 Å². The Kier molecular flexibility index (Phi) is 4.55. The van der Waals surface area contributed by atoms with Gasteiger partial charge in [0.2, 0.25) is 0 Å². The Bertz CT molecular complexity index is 1220. The second-order valence-corrected chi connectivity index (χ2v) is 7.45.